The van der Waals surface area contributed by atoms with Crippen LogP contribution in [0.5, 0.6) is 0 Å². The van der Waals surface area contributed by atoms with Gasteiger partial charge in [0.15, 0.2) is 23.1 Å². The maximum absolute atomic E-state index is 6.47. The average molecular weight is 705 g/mol. The van der Waals surface area contributed by atoms with Crippen molar-refractivity contribution >= 4 is 21.9 Å². The van der Waals surface area contributed by atoms with Crippen molar-refractivity contribution in [2.24, 2.45) is 0 Å². The minimum Gasteiger partial charge on any atom is -0.435 e. The highest BCUT2D eigenvalue weighted by atomic mass is 16.3. The normalized spacial score (nSPS) is 11.3. The summed E-state index contributed by atoms with van der Waals surface area (Å²) in [5.41, 5.74) is 11.8. The lowest BCUT2D eigenvalue weighted by atomic mass is 9.95. The fourth-order valence-electron chi connectivity index (χ4n) is 7.20. The first-order chi connectivity index (χ1) is 27.2. The molecule has 0 saturated carbocycles. The van der Waals surface area contributed by atoms with Crippen molar-refractivity contribution in [2.75, 3.05) is 0 Å². The largest absolute Gasteiger partial charge is 0.435 e. The summed E-state index contributed by atoms with van der Waals surface area (Å²) in [6.07, 6.45) is 0. The highest BCUT2D eigenvalue weighted by Gasteiger charge is 2.17. The van der Waals surface area contributed by atoms with Crippen LogP contribution in [0.25, 0.3) is 101 Å². The Balaban J connectivity index is 1.10. The van der Waals surface area contributed by atoms with Crippen molar-refractivity contribution in [1.82, 2.24) is 19.9 Å². The third kappa shape index (κ3) is 6.24. The zero-order chi connectivity index (χ0) is 36.6. The first-order valence-corrected chi connectivity index (χ1v) is 18.3. The lowest BCUT2D eigenvalue weighted by Gasteiger charge is -2.13. The van der Waals surface area contributed by atoms with Gasteiger partial charge < -0.3 is 4.42 Å². The van der Waals surface area contributed by atoms with Gasteiger partial charge in [-0.25, -0.2) is 19.9 Å². The van der Waals surface area contributed by atoms with Gasteiger partial charge in [0.1, 0.15) is 5.52 Å². The highest BCUT2D eigenvalue weighted by molar-refractivity contribution is 6.11. The summed E-state index contributed by atoms with van der Waals surface area (Å²) in [7, 11) is 0. The summed E-state index contributed by atoms with van der Waals surface area (Å²) in [6.45, 7) is 0. The van der Waals surface area contributed by atoms with E-state index in [0.717, 1.165) is 77.5 Å². The third-order valence-corrected chi connectivity index (χ3v) is 9.95. The van der Waals surface area contributed by atoms with Crippen LogP contribution in [0.3, 0.4) is 0 Å². The Kier molecular flexibility index (Phi) is 8.08. The third-order valence-electron chi connectivity index (χ3n) is 9.95. The fourth-order valence-corrected chi connectivity index (χ4v) is 7.20. The molecule has 10 aromatic rings. The van der Waals surface area contributed by atoms with Crippen molar-refractivity contribution in [3.8, 4) is 79.0 Å². The fraction of sp³-hybridized carbons (Fsp3) is 0. The van der Waals surface area contributed by atoms with Crippen molar-refractivity contribution in [3.63, 3.8) is 0 Å². The molecule has 0 fully saturated rings. The molecule has 0 amide bonds. The van der Waals surface area contributed by atoms with E-state index in [2.05, 4.69) is 115 Å². The molecule has 2 heterocycles. The number of rotatable bonds is 7. The predicted molar refractivity (Wildman–Crippen MR) is 223 cm³/mol. The van der Waals surface area contributed by atoms with Crippen molar-refractivity contribution in [1.29, 1.82) is 0 Å². The topological polar surface area (TPSA) is 64.7 Å². The van der Waals surface area contributed by atoms with E-state index in [4.69, 9.17) is 24.4 Å². The molecule has 10 rings (SSSR count). The smallest absolute Gasteiger partial charge is 0.227 e. The molecule has 0 aliphatic rings. The quantitative estimate of drug-likeness (QED) is 0.165. The van der Waals surface area contributed by atoms with Crippen LogP contribution < -0.4 is 0 Å². The Hall–Kier alpha value is -7.50. The van der Waals surface area contributed by atoms with Crippen LogP contribution in [0.4, 0.5) is 0 Å². The minimum atomic E-state index is 0.602. The van der Waals surface area contributed by atoms with E-state index in [9.17, 15) is 0 Å². The first kappa shape index (κ1) is 32.2. The van der Waals surface area contributed by atoms with Gasteiger partial charge in [0, 0.05) is 27.6 Å². The number of hydrogen-bond acceptors (Lipinski definition) is 5. The Bertz CT molecular complexity index is 2890. The molecule has 0 radical (unpaired) electrons. The molecular weight excluding hydrogens is 673 g/mol. The SMILES string of the molecule is c1ccc(-c2cc(-c3ccccc3)cc(-c3nc(-c4ccccc4)nc(-c4ccc(-c5cccc6ccc7nc(-c8ccccc8)oc7c56)cc4)n3)c2)cc1. The van der Waals surface area contributed by atoms with Gasteiger partial charge in [-0.15, -0.1) is 0 Å². The number of fused-ring (bicyclic) bond motifs is 3. The van der Waals surface area contributed by atoms with Crippen LogP contribution >= 0.6 is 0 Å². The lowest BCUT2D eigenvalue weighted by molar-refractivity contribution is 0.623. The van der Waals surface area contributed by atoms with Gasteiger partial charge in [-0.1, -0.05) is 158 Å². The molecule has 0 aliphatic carbocycles. The monoisotopic (exact) mass is 704 g/mol. The number of benzene rings is 8. The molecule has 8 aromatic carbocycles. The second kappa shape index (κ2) is 13.8. The molecule has 2 aromatic heterocycles. The van der Waals surface area contributed by atoms with Crippen LogP contribution in [0.1, 0.15) is 0 Å². The Morgan fingerprint density at radius 3 is 1.36 bits per heavy atom. The number of hydrogen-bond donors (Lipinski definition) is 0. The van der Waals surface area contributed by atoms with E-state index in [1.165, 1.54) is 0 Å². The van der Waals surface area contributed by atoms with E-state index < -0.39 is 0 Å². The van der Waals surface area contributed by atoms with Crippen LogP contribution in [0.15, 0.2) is 199 Å². The maximum atomic E-state index is 6.47. The van der Waals surface area contributed by atoms with E-state index in [-0.39, 0.29) is 0 Å². The summed E-state index contributed by atoms with van der Waals surface area (Å²) < 4.78 is 6.47. The molecule has 0 aliphatic heterocycles. The first-order valence-electron chi connectivity index (χ1n) is 18.3. The zero-order valence-corrected chi connectivity index (χ0v) is 29.7. The van der Waals surface area contributed by atoms with Crippen LogP contribution in [0, 0.1) is 0 Å². The second-order valence-corrected chi connectivity index (χ2v) is 13.5. The van der Waals surface area contributed by atoms with E-state index >= 15 is 0 Å². The molecule has 0 N–H and O–H groups in total. The van der Waals surface area contributed by atoms with Crippen molar-refractivity contribution < 1.29 is 4.42 Å². The van der Waals surface area contributed by atoms with Gasteiger partial charge in [-0.3, -0.25) is 0 Å². The molecule has 0 saturated heterocycles. The molecule has 0 spiro atoms. The van der Waals surface area contributed by atoms with Gasteiger partial charge in [-0.05, 0) is 75.2 Å². The van der Waals surface area contributed by atoms with Gasteiger partial charge in [-0.2, -0.15) is 0 Å². The lowest BCUT2D eigenvalue weighted by Crippen LogP contribution is -2.00. The summed E-state index contributed by atoms with van der Waals surface area (Å²) in [6, 6.07) is 66.5. The summed E-state index contributed by atoms with van der Waals surface area (Å²) in [5.74, 6) is 2.44. The predicted octanol–water partition coefficient (Wildman–Crippen LogP) is 12.8. The number of nitrogens with zero attached hydrogens (tertiary/aromatic N) is 4. The Labute approximate surface area is 318 Å². The molecule has 5 nitrogen and oxygen atoms in total. The van der Waals surface area contributed by atoms with Crippen molar-refractivity contribution in [3.05, 3.63) is 194 Å². The molecule has 0 atom stereocenters. The standard InChI is InChI=1S/C50H32N4O/c1-5-14-33(15-6-1)40-30-41(34-16-7-2-8-17-34)32-42(31-40)49-53-47(37-18-9-3-10-19-37)52-48(54-49)38-26-24-35(25-27-38)43-23-13-22-36-28-29-44-46(45(36)43)55-50(51-44)39-20-11-4-12-21-39/h1-32H. The minimum absolute atomic E-state index is 0.602. The summed E-state index contributed by atoms with van der Waals surface area (Å²) in [4.78, 5) is 20.1. The van der Waals surface area contributed by atoms with Crippen LogP contribution in [-0.2, 0) is 0 Å². The van der Waals surface area contributed by atoms with Gasteiger partial charge in [0.2, 0.25) is 5.89 Å². The highest BCUT2D eigenvalue weighted by Crippen LogP contribution is 2.38. The molecule has 5 heteroatoms. The van der Waals surface area contributed by atoms with Gasteiger partial charge in [0.05, 0.1) is 0 Å². The number of aromatic nitrogens is 4. The molecule has 55 heavy (non-hydrogen) atoms. The molecule has 0 bridgehead atoms. The van der Waals surface area contributed by atoms with Gasteiger partial charge >= 0.3 is 0 Å². The van der Waals surface area contributed by atoms with Gasteiger partial charge in [0.25, 0.3) is 0 Å². The Morgan fingerprint density at radius 2 is 0.782 bits per heavy atom. The molecular formula is C50H32N4O. The van der Waals surface area contributed by atoms with Crippen LogP contribution in [-0.4, -0.2) is 19.9 Å². The second-order valence-electron chi connectivity index (χ2n) is 13.5. The summed E-state index contributed by atoms with van der Waals surface area (Å²) in [5, 5.41) is 2.12. The number of oxazole rings is 1. The molecule has 0 unspecified atom stereocenters. The van der Waals surface area contributed by atoms with E-state index in [0.29, 0.717) is 23.4 Å². The molecule has 258 valence electrons. The van der Waals surface area contributed by atoms with Crippen LogP contribution in [0.2, 0.25) is 0 Å². The van der Waals surface area contributed by atoms with E-state index in [1.54, 1.807) is 0 Å². The van der Waals surface area contributed by atoms with Crippen molar-refractivity contribution in [2.45, 2.75) is 0 Å². The maximum Gasteiger partial charge on any atom is 0.227 e. The summed E-state index contributed by atoms with van der Waals surface area (Å²) >= 11 is 0. The average Bonchev–Trinajstić information content (AvgIpc) is 3.72. The van der Waals surface area contributed by atoms with E-state index in [1.807, 2.05) is 78.9 Å². The zero-order valence-electron chi connectivity index (χ0n) is 29.7. The Morgan fingerprint density at radius 1 is 0.309 bits per heavy atom.